The zero-order chi connectivity index (χ0) is 28.5. The average molecular weight is 545 g/mol. The van der Waals surface area contributed by atoms with Crippen LogP contribution in [0.1, 0.15) is 27.9 Å². The number of hydrogen-bond donors (Lipinski definition) is 5. The molecule has 3 aliphatic carbocycles. The van der Waals surface area contributed by atoms with Crippen LogP contribution in [0.4, 0.5) is 4.39 Å². The first-order chi connectivity index (χ1) is 18.3. The van der Waals surface area contributed by atoms with Crippen molar-refractivity contribution in [2.24, 2.45) is 17.6 Å². The van der Waals surface area contributed by atoms with Crippen molar-refractivity contribution in [2.45, 2.75) is 31.0 Å². The Balaban J connectivity index is 1.60. The van der Waals surface area contributed by atoms with Crippen LogP contribution < -0.4 is 5.73 Å². The Labute approximate surface area is 224 Å². The predicted molar refractivity (Wildman–Crippen MR) is 136 cm³/mol. The molecule has 4 atom stereocenters. The van der Waals surface area contributed by atoms with Gasteiger partial charge in [0.05, 0.1) is 11.6 Å². The summed E-state index contributed by atoms with van der Waals surface area (Å²) in [5.41, 5.74) is 1.37. The van der Waals surface area contributed by atoms with Crippen molar-refractivity contribution in [3.8, 4) is 5.75 Å². The molecule has 1 aliphatic heterocycles. The Kier molecular flexibility index (Phi) is 6.57. The third kappa shape index (κ3) is 3.96. The monoisotopic (exact) mass is 544 g/mol. The molecular formula is C27H33FN4O7. The van der Waals surface area contributed by atoms with E-state index in [4.69, 9.17) is 5.73 Å². The molecule has 11 nitrogen and oxygen atoms in total. The number of phenols is 1. The molecule has 4 aliphatic rings. The van der Waals surface area contributed by atoms with E-state index >= 15 is 4.39 Å². The Morgan fingerprint density at radius 1 is 1.18 bits per heavy atom. The number of benzene rings is 1. The molecule has 0 spiro atoms. The summed E-state index contributed by atoms with van der Waals surface area (Å²) in [5, 5.41) is 44.6. The molecule has 12 heteroatoms. The fourth-order valence-electron chi connectivity index (χ4n) is 6.72. The number of primary amides is 1. The molecule has 5 rings (SSSR count). The van der Waals surface area contributed by atoms with Gasteiger partial charge < -0.3 is 31.1 Å². The van der Waals surface area contributed by atoms with Gasteiger partial charge in [-0.15, -0.1) is 0 Å². The van der Waals surface area contributed by atoms with Crippen LogP contribution in [-0.2, 0) is 22.6 Å². The maximum atomic E-state index is 15.9. The van der Waals surface area contributed by atoms with Crippen molar-refractivity contribution in [1.82, 2.24) is 14.7 Å². The number of aliphatic hydroxyl groups excluding tert-OH is 2. The summed E-state index contributed by atoms with van der Waals surface area (Å²) >= 11 is 0. The lowest BCUT2D eigenvalue weighted by Gasteiger charge is -2.50. The third-order valence-electron chi connectivity index (χ3n) is 8.72. The Morgan fingerprint density at radius 2 is 1.82 bits per heavy atom. The zero-order valence-electron chi connectivity index (χ0n) is 22.1. The van der Waals surface area contributed by atoms with E-state index in [1.54, 1.807) is 14.1 Å². The van der Waals surface area contributed by atoms with Crippen LogP contribution in [0.3, 0.4) is 0 Å². The van der Waals surface area contributed by atoms with Gasteiger partial charge in [0, 0.05) is 55.3 Å². The molecule has 1 aromatic carbocycles. The van der Waals surface area contributed by atoms with Gasteiger partial charge in [-0.3, -0.25) is 24.2 Å². The van der Waals surface area contributed by atoms with Gasteiger partial charge in [-0.1, -0.05) is 0 Å². The van der Waals surface area contributed by atoms with Crippen LogP contribution in [0.2, 0.25) is 0 Å². The van der Waals surface area contributed by atoms with Gasteiger partial charge >= 0.3 is 0 Å². The molecule has 6 N–H and O–H groups in total. The number of aromatic hydroxyl groups is 1. The molecule has 0 saturated carbocycles. The fourth-order valence-corrected chi connectivity index (χ4v) is 6.72. The molecule has 1 fully saturated rings. The first-order valence-electron chi connectivity index (χ1n) is 12.9. The van der Waals surface area contributed by atoms with Crippen molar-refractivity contribution < 1.29 is 39.2 Å². The molecule has 0 bridgehead atoms. The molecule has 1 aromatic rings. The molecule has 1 amide bonds. The fraction of sp³-hybridized carbons (Fsp3) is 0.519. The van der Waals surface area contributed by atoms with Crippen LogP contribution >= 0.6 is 0 Å². The van der Waals surface area contributed by atoms with E-state index in [0.717, 1.165) is 26.2 Å². The predicted octanol–water partition coefficient (Wildman–Crippen LogP) is 0.00710. The number of halogens is 1. The van der Waals surface area contributed by atoms with Gasteiger partial charge in [0.25, 0.3) is 5.91 Å². The highest BCUT2D eigenvalue weighted by molar-refractivity contribution is 6.24. The van der Waals surface area contributed by atoms with E-state index in [1.807, 2.05) is 7.05 Å². The van der Waals surface area contributed by atoms with Gasteiger partial charge in [0.15, 0.2) is 11.4 Å². The van der Waals surface area contributed by atoms with Crippen molar-refractivity contribution in [2.75, 3.05) is 47.3 Å². The lowest BCUT2D eigenvalue weighted by atomic mass is 9.58. The number of fused-ring (bicyclic) bond motifs is 3. The SMILES string of the molecule is CN1CCN(Cc2cc(O)c3c(c2F)C[C@H]2C[C@H]4[C@H](N(C)C)C(O)=C(C(N)=O)C(=O)[C@@]4(O)C(O)=C2C3=O)CC1. The number of amides is 1. The van der Waals surface area contributed by atoms with Gasteiger partial charge in [-0.05, 0) is 46.0 Å². The minimum absolute atomic E-state index is 0.0113. The van der Waals surface area contributed by atoms with Crippen LogP contribution in [-0.4, -0.2) is 112 Å². The smallest absolute Gasteiger partial charge is 0.255 e. The quantitative estimate of drug-likeness (QED) is 0.326. The van der Waals surface area contributed by atoms with E-state index in [1.165, 1.54) is 11.0 Å². The number of allylic oxidation sites excluding steroid dienone is 1. The Morgan fingerprint density at radius 3 is 2.41 bits per heavy atom. The number of carbonyl (C=O) groups excluding carboxylic acids is 3. The number of piperazine rings is 1. The number of nitrogens with two attached hydrogens (primary N) is 1. The Hall–Kier alpha value is -3.32. The number of aliphatic hydroxyl groups is 3. The van der Waals surface area contributed by atoms with Crippen LogP contribution in [0.15, 0.2) is 28.7 Å². The summed E-state index contributed by atoms with van der Waals surface area (Å²) in [6.07, 6.45) is -0.167. The molecular weight excluding hydrogens is 511 g/mol. The molecule has 0 unspecified atom stereocenters. The van der Waals surface area contributed by atoms with E-state index in [9.17, 15) is 34.8 Å². The van der Waals surface area contributed by atoms with E-state index < -0.39 is 69.6 Å². The first-order valence-corrected chi connectivity index (χ1v) is 12.9. The molecule has 39 heavy (non-hydrogen) atoms. The largest absolute Gasteiger partial charge is 0.510 e. The number of Topliss-reactive ketones (excluding diaryl/α,β-unsaturated/α-hetero) is 2. The van der Waals surface area contributed by atoms with Crippen molar-refractivity contribution in [3.63, 3.8) is 0 Å². The third-order valence-corrected chi connectivity index (χ3v) is 8.72. The summed E-state index contributed by atoms with van der Waals surface area (Å²) in [7, 11) is 5.11. The normalized spacial score (nSPS) is 29.9. The summed E-state index contributed by atoms with van der Waals surface area (Å²) in [5.74, 6) is -8.16. The summed E-state index contributed by atoms with van der Waals surface area (Å²) < 4.78 is 15.9. The Bertz CT molecular complexity index is 1350. The zero-order valence-corrected chi connectivity index (χ0v) is 22.1. The summed E-state index contributed by atoms with van der Waals surface area (Å²) in [6.45, 7) is 3.34. The molecule has 210 valence electrons. The minimum Gasteiger partial charge on any atom is -0.510 e. The first kappa shape index (κ1) is 27.3. The number of rotatable bonds is 4. The van der Waals surface area contributed by atoms with Gasteiger partial charge in [0.1, 0.15) is 28.7 Å². The summed E-state index contributed by atoms with van der Waals surface area (Å²) in [4.78, 5) is 44.7. The van der Waals surface area contributed by atoms with Gasteiger partial charge in [-0.25, -0.2) is 4.39 Å². The minimum atomic E-state index is -2.72. The molecule has 1 saturated heterocycles. The second-order valence-electron chi connectivity index (χ2n) is 11.3. The maximum Gasteiger partial charge on any atom is 0.255 e. The van der Waals surface area contributed by atoms with Gasteiger partial charge in [-0.2, -0.15) is 0 Å². The van der Waals surface area contributed by atoms with Crippen molar-refractivity contribution in [1.29, 1.82) is 0 Å². The molecule has 0 radical (unpaired) electrons. The van der Waals surface area contributed by atoms with Crippen LogP contribution in [0.25, 0.3) is 0 Å². The number of nitrogens with zero attached hydrogens (tertiary/aromatic N) is 3. The number of ketones is 2. The van der Waals surface area contributed by atoms with Crippen LogP contribution in [0, 0.1) is 17.7 Å². The highest BCUT2D eigenvalue weighted by atomic mass is 19.1. The maximum absolute atomic E-state index is 15.9. The molecule has 0 aromatic heterocycles. The van der Waals surface area contributed by atoms with Crippen molar-refractivity contribution >= 4 is 17.5 Å². The highest BCUT2D eigenvalue weighted by Gasteiger charge is 2.63. The summed E-state index contributed by atoms with van der Waals surface area (Å²) in [6, 6.07) is 0.111. The average Bonchev–Trinajstić information content (AvgIpc) is 2.85. The highest BCUT2D eigenvalue weighted by Crippen LogP contribution is 2.52. The van der Waals surface area contributed by atoms with E-state index in [0.29, 0.717) is 0 Å². The van der Waals surface area contributed by atoms with E-state index in [2.05, 4.69) is 9.80 Å². The lowest BCUT2D eigenvalue weighted by Crippen LogP contribution is -2.63. The lowest BCUT2D eigenvalue weighted by molar-refractivity contribution is -0.148. The second-order valence-corrected chi connectivity index (χ2v) is 11.3. The number of phenolic OH excluding ortho intramolecular Hbond substituents is 1. The number of hydrogen-bond acceptors (Lipinski definition) is 10. The number of likely N-dealkylation sites (N-methyl/N-ethyl adjacent to an activating group) is 2. The second kappa shape index (κ2) is 9.40. The van der Waals surface area contributed by atoms with Crippen molar-refractivity contribution in [3.05, 3.63) is 51.2 Å². The molecule has 1 heterocycles. The van der Waals surface area contributed by atoms with E-state index in [-0.39, 0.29) is 41.6 Å². The topological polar surface area (TPSA) is 168 Å². The van der Waals surface area contributed by atoms with Crippen LogP contribution in [0.5, 0.6) is 5.75 Å². The number of carbonyl (C=O) groups is 3. The van der Waals surface area contributed by atoms with Gasteiger partial charge in [0.2, 0.25) is 5.78 Å². The standard InChI is InChI=1S/C27H33FN4O7/c1-30(2)21-15-9-12-8-14-18(16(33)10-13(20(14)28)11-32-6-4-31(3)5-7-32)22(34)17(12)24(36)27(15,39)25(37)19(23(21)35)26(29)38/h10,12,15,21,33,35-36,39H,4-9,11H2,1-3H3,(H2,29,38)/t12-,15-,21-,27-/m0/s1.